The molecule has 172 valence electrons. The molecule has 2 saturated heterocycles. The summed E-state index contributed by atoms with van der Waals surface area (Å²) in [5, 5.41) is 4.43. The molecule has 2 aliphatic heterocycles. The molecular weight excluding hydrogens is 400 g/mol. The van der Waals surface area contributed by atoms with Crippen molar-refractivity contribution >= 4 is 16.8 Å². The molecule has 3 aliphatic rings. The zero-order chi connectivity index (χ0) is 22.0. The van der Waals surface area contributed by atoms with Crippen LogP contribution in [0.25, 0.3) is 10.9 Å². The van der Waals surface area contributed by atoms with Crippen LogP contribution in [0, 0.1) is 11.3 Å². The number of likely N-dealkylation sites (tertiary alicyclic amines) is 1. The molecule has 1 N–H and O–H groups in total. The van der Waals surface area contributed by atoms with E-state index in [-0.39, 0.29) is 11.3 Å². The Kier molecular flexibility index (Phi) is 6.44. The predicted molar refractivity (Wildman–Crippen MR) is 126 cm³/mol. The minimum Gasteiger partial charge on any atom is -0.379 e. The minimum atomic E-state index is -0.270. The molecule has 3 heterocycles. The number of para-hydroxylation sites is 1. The van der Waals surface area contributed by atoms with Crippen molar-refractivity contribution in [2.75, 3.05) is 45.9 Å². The topological polar surface area (TPSA) is 57.7 Å². The second kappa shape index (κ2) is 9.46. The Bertz CT molecular complexity index is 944. The first-order chi connectivity index (χ1) is 15.7. The number of piperidine rings is 1. The summed E-state index contributed by atoms with van der Waals surface area (Å²) in [7, 11) is 0. The third-order valence-electron chi connectivity index (χ3n) is 8.11. The van der Waals surface area contributed by atoms with Gasteiger partial charge in [-0.05, 0) is 56.8 Å². The summed E-state index contributed by atoms with van der Waals surface area (Å²) in [6.45, 7) is 9.47. The molecule has 1 saturated carbocycles. The van der Waals surface area contributed by atoms with Crippen LogP contribution in [-0.4, -0.2) is 72.7 Å². The van der Waals surface area contributed by atoms with Crippen LogP contribution in [0.3, 0.4) is 0 Å². The molecule has 6 nitrogen and oxygen atoms in total. The first kappa shape index (κ1) is 21.8. The SMILES string of the molecule is CCN1CC[C@@H]2C[C@@H](N3CCOCC3)CC[C@@]2(C(=O)NCc2ccc3ccccc3n2)C1. The number of fused-ring (bicyclic) bond motifs is 2. The second-order valence-electron chi connectivity index (χ2n) is 9.77. The van der Waals surface area contributed by atoms with Crippen LogP contribution in [0.4, 0.5) is 0 Å². The van der Waals surface area contributed by atoms with Gasteiger partial charge in [0.1, 0.15) is 0 Å². The van der Waals surface area contributed by atoms with Gasteiger partial charge in [-0.25, -0.2) is 0 Å². The summed E-state index contributed by atoms with van der Waals surface area (Å²) in [5.74, 6) is 0.687. The van der Waals surface area contributed by atoms with E-state index < -0.39 is 0 Å². The number of morpholine rings is 1. The van der Waals surface area contributed by atoms with Crippen molar-refractivity contribution < 1.29 is 9.53 Å². The lowest BCUT2D eigenvalue weighted by molar-refractivity contribution is -0.145. The summed E-state index contributed by atoms with van der Waals surface area (Å²) in [4.78, 5) is 23.6. The molecule has 5 rings (SSSR count). The van der Waals surface area contributed by atoms with Crippen molar-refractivity contribution in [1.29, 1.82) is 0 Å². The van der Waals surface area contributed by atoms with Crippen LogP contribution in [-0.2, 0) is 16.1 Å². The molecule has 0 unspecified atom stereocenters. The quantitative estimate of drug-likeness (QED) is 0.781. The molecule has 1 aliphatic carbocycles. The molecule has 2 aromatic rings. The predicted octanol–water partition coefficient (Wildman–Crippen LogP) is 3.06. The number of pyridine rings is 1. The second-order valence-corrected chi connectivity index (χ2v) is 9.77. The lowest BCUT2D eigenvalue weighted by Crippen LogP contribution is -2.60. The maximum atomic E-state index is 13.7. The van der Waals surface area contributed by atoms with Crippen molar-refractivity contribution in [3.63, 3.8) is 0 Å². The van der Waals surface area contributed by atoms with Gasteiger partial charge >= 0.3 is 0 Å². The van der Waals surface area contributed by atoms with Gasteiger partial charge in [0.2, 0.25) is 5.91 Å². The van der Waals surface area contributed by atoms with Crippen LogP contribution in [0.2, 0.25) is 0 Å². The van der Waals surface area contributed by atoms with Gasteiger partial charge < -0.3 is 15.0 Å². The molecule has 1 aromatic heterocycles. The highest BCUT2D eigenvalue weighted by molar-refractivity contribution is 5.84. The number of carbonyl (C=O) groups excluding carboxylic acids is 1. The number of ether oxygens (including phenoxy) is 1. The van der Waals surface area contributed by atoms with Gasteiger partial charge in [-0.3, -0.25) is 14.7 Å². The number of rotatable bonds is 5. The van der Waals surface area contributed by atoms with Crippen LogP contribution in [0.5, 0.6) is 0 Å². The van der Waals surface area contributed by atoms with Crippen LogP contribution < -0.4 is 5.32 Å². The Morgan fingerprint density at radius 3 is 2.84 bits per heavy atom. The van der Waals surface area contributed by atoms with E-state index in [1.165, 1.54) is 0 Å². The van der Waals surface area contributed by atoms with E-state index in [0.29, 0.717) is 18.5 Å². The molecule has 6 heteroatoms. The molecule has 1 aromatic carbocycles. The standard InChI is InChI=1S/C26H36N4O2/c1-2-29-12-10-21-17-23(30-13-15-32-16-14-30)9-11-26(21,19-29)25(31)27-18-22-8-7-20-5-3-4-6-24(20)28-22/h3-8,21,23H,2,9-19H2,1H3,(H,27,31)/t21-,23+,26-/m1/s1. The van der Waals surface area contributed by atoms with Crippen LogP contribution in [0.15, 0.2) is 36.4 Å². The molecule has 1 amide bonds. The lowest BCUT2D eigenvalue weighted by atomic mass is 9.61. The minimum absolute atomic E-state index is 0.232. The Labute approximate surface area is 191 Å². The van der Waals surface area contributed by atoms with E-state index >= 15 is 0 Å². The molecule has 3 atom stereocenters. The summed E-state index contributed by atoms with van der Waals surface area (Å²) in [6, 6.07) is 12.9. The average molecular weight is 437 g/mol. The molecular formula is C26H36N4O2. The molecule has 0 spiro atoms. The fraction of sp³-hybridized carbons (Fsp3) is 0.615. The third kappa shape index (κ3) is 4.28. The maximum Gasteiger partial charge on any atom is 0.228 e. The summed E-state index contributed by atoms with van der Waals surface area (Å²) < 4.78 is 5.57. The summed E-state index contributed by atoms with van der Waals surface area (Å²) in [6.07, 6.45) is 4.35. The van der Waals surface area contributed by atoms with E-state index in [0.717, 1.165) is 88.2 Å². The van der Waals surface area contributed by atoms with E-state index in [1.54, 1.807) is 0 Å². The first-order valence-electron chi connectivity index (χ1n) is 12.3. The number of nitrogens with one attached hydrogen (secondary N) is 1. The normalized spacial score (nSPS) is 29.5. The van der Waals surface area contributed by atoms with Crippen molar-refractivity contribution in [2.24, 2.45) is 11.3 Å². The van der Waals surface area contributed by atoms with Gasteiger partial charge in [-0.1, -0.05) is 31.2 Å². The highest BCUT2D eigenvalue weighted by Gasteiger charge is 2.52. The number of nitrogens with zero attached hydrogens (tertiary/aromatic N) is 3. The Balaban J connectivity index is 1.30. The van der Waals surface area contributed by atoms with Crippen molar-refractivity contribution in [2.45, 2.75) is 45.2 Å². The van der Waals surface area contributed by atoms with Gasteiger partial charge in [0.15, 0.2) is 0 Å². The summed E-state index contributed by atoms with van der Waals surface area (Å²) >= 11 is 0. The van der Waals surface area contributed by atoms with Crippen molar-refractivity contribution in [3.8, 4) is 0 Å². The third-order valence-corrected chi connectivity index (χ3v) is 8.11. The lowest BCUT2D eigenvalue weighted by Gasteiger charge is -2.53. The maximum absolute atomic E-state index is 13.7. The fourth-order valence-electron chi connectivity index (χ4n) is 6.19. The van der Waals surface area contributed by atoms with Gasteiger partial charge in [-0.15, -0.1) is 0 Å². The van der Waals surface area contributed by atoms with Crippen molar-refractivity contribution in [1.82, 2.24) is 20.1 Å². The van der Waals surface area contributed by atoms with Gasteiger partial charge in [0.25, 0.3) is 0 Å². The summed E-state index contributed by atoms with van der Waals surface area (Å²) in [5.41, 5.74) is 1.64. The smallest absolute Gasteiger partial charge is 0.228 e. The zero-order valence-corrected chi connectivity index (χ0v) is 19.3. The van der Waals surface area contributed by atoms with Gasteiger partial charge in [0.05, 0.1) is 36.4 Å². The van der Waals surface area contributed by atoms with Crippen LogP contribution in [0.1, 0.15) is 38.3 Å². The number of hydrogen-bond acceptors (Lipinski definition) is 5. The van der Waals surface area contributed by atoms with E-state index in [2.05, 4.69) is 34.2 Å². The highest BCUT2D eigenvalue weighted by atomic mass is 16.5. The van der Waals surface area contributed by atoms with Crippen molar-refractivity contribution in [3.05, 3.63) is 42.1 Å². The van der Waals surface area contributed by atoms with E-state index in [9.17, 15) is 4.79 Å². The van der Waals surface area contributed by atoms with Gasteiger partial charge in [0, 0.05) is 31.1 Å². The number of carbonyl (C=O) groups is 1. The van der Waals surface area contributed by atoms with Gasteiger partial charge in [-0.2, -0.15) is 0 Å². The monoisotopic (exact) mass is 436 g/mol. The number of hydrogen-bond donors (Lipinski definition) is 1. The number of amides is 1. The molecule has 0 bridgehead atoms. The average Bonchev–Trinajstić information content (AvgIpc) is 2.86. The Morgan fingerprint density at radius 1 is 1.16 bits per heavy atom. The zero-order valence-electron chi connectivity index (χ0n) is 19.3. The largest absolute Gasteiger partial charge is 0.379 e. The van der Waals surface area contributed by atoms with E-state index in [1.807, 2.05) is 24.3 Å². The first-order valence-corrected chi connectivity index (χ1v) is 12.3. The fourth-order valence-corrected chi connectivity index (χ4v) is 6.19. The Hall–Kier alpha value is -2.02. The molecule has 3 fully saturated rings. The number of benzene rings is 1. The number of aromatic nitrogens is 1. The molecule has 32 heavy (non-hydrogen) atoms. The van der Waals surface area contributed by atoms with Crippen LogP contribution >= 0.6 is 0 Å². The Morgan fingerprint density at radius 2 is 2.00 bits per heavy atom. The van der Waals surface area contributed by atoms with E-state index in [4.69, 9.17) is 9.72 Å². The molecule has 0 radical (unpaired) electrons. The highest BCUT2D eigenvalue weighted by Crippen LogP contribution is 2.47.